The van der Waals surface area contributed by atoms with Gasteiger partial charge in [-0.25, -0.2) is 9.59 Å². The summed E-state index contributed by atoms with van der Waals surface area (Å²) in [6.07, 6.45) is 2.80. The summed E-state index contributed by atoms with van der Waals surface area (Å²) in [5.41, 5.74) is -0.701. The highest BCUT2D eigenvalue weighted by molar-refractivity contribution is 5.82. The molecule has 1 saturated heterocycles. The number of hydrogen-bond acceptors (Lipinski definition) is 4. The number of hydrogen-bond donors (Lipinski definition) is 2. The van der Waals surface area contributed by atoms with Crippen molar-refractivity contribution in [3.05, 3.63) is 0 Å². The predicted octanol–water partition coefficient (Wildman–Crippen LogP) is 1.83. The molecule has 0 unspecified atom stereocenters. The summed E-state index contributed by atoms with van der Waals surface area (Å²) in [6.45, 7) is 6.41. The van der Waals surface area contributed by atoms with Crippen LogP contribution in [0.1, 0.15) is 52.9 Å². The molecule has 0 aromatic heterocycles. The quantitative estimate of drug-likeness (QED) is 0.490. The van der Waals surface area contributed by atoms with E-state index in [-0.39, 0.29) is 24.9 Å². The number of quaternary nitrogens is 1. The number of carboxylic acids is 1. The van der Waals surface area contributed by atoms with Crippen LogP contribution >= 0.6 is 0 Å². The highest BCUT2D eigenvalue weighted by atomic mass is 16.6. The van der Waals surface area contributed by atoms with Crippen LogP contribution in [-0.2, 0) is 14.3 Å². The number of rotatable bonds is 8. The first-order chi connectivity index (χ1) is 12.3. The molecule has 0 aliphatic carbocycles. The maximum absolute atomic E-state index is 12.3. The maximum atomic E-state index is 12.3. The molecule has 1 rings (SSSR count). The van der Waals surface area contributed by atoms with Gasteiger partial charge >= 0.3 is 12.1 Å². The van der Waals surface area contributed by atoms with E-state index in [1.807, 2.05) is 0 Å². The van der Waals surface area contributed by atoms with Crippen molar-refractivity contribution in [1.82, 2.24) is 10.2 Å². The lowest BCUT2D eigenvalue weighted by Gasteiger charge is -2.26. The minimum atomic E-state index is -1.09. The molecule has 2 N–H and O–H groups in total. The summed E-state index contributed by atoms with van der Waals surface area (Å²) >= 11 is 0. The number of aliphatic carboxylic acids is 1. The number of carboxylic acid groups (broad SMARTS) is 1. The zero-order chi connectivity index (χ0) is 20.8. The van der Waals surface area contributed by atoms with Gasteiger partial charge in [0, 0.05) is 25.4 Å². The molecule has 0 aromatic carbocycles. The summed E-state index contributed by atoms with van der Waals surface area (Å²) in [5, 5.41) is 12.2. The first kappa shape index (κ1) is 23.2. The molecule has 27 heavy (non-hydrogen) atoms. The Morgan fingerprint density at radius 2 is 1.78 bits per heavy atom. The Kier molecular flexibility index (Phi) is 8.07. The minimum Gasteiger partial charge on any atom is -0.480 e. The Morgan fingerprint density at radius 1 is 1.15 bits per heavy atom. The number of carbonyl (C=O) groups excluding carboxylic acids is 2. The molecule has 8 heteroatoms. The second kappa shape index (κ2) is 9.39. The zero-order valence-electron chi connectivity index (χ0n) is 17.6. The molecule has 1 heterocycles. The number of likely N-dealkylation sites (tertiary alicyclic amines) is 1. The van der Waals surface area contributed by atoms with Crippen molar-refractivity contribution in [3.63, 3.8) is 0 Å². The van der Waals surface area contributed by atoms with E-state index in [2.05, 4.69) is 26.5 Å². The Hall–Kier alpha value is -1.83. The van der Waals surface area contributed by atoms with Crippen molar-refractivity contribution < 1.29 is 28.7 Å². The average molecular weight is 387 g/mol. The van der Waals surface area contributed by atoms with E-state index in [9.17, 15) is 19.5 Å². The van der Waals surface area contributed by atoms with Crippen LogP contribution in [0.5, 0.6) is 0 Å². The Bertz CT molecular complexity index is 536. The van der Waals surface area contributed by atoms with Gasteiger partial charge in [-0.15, -0.1) is 0 Å². The van der Waals surface area contributed by atoms with Crippen LogP contribution in [0.3, 0.4) is 0 Å². The molecule has 0 aromatic rings. The lowest BCUT2D eigenvalue weighted by atomic mass is 10.1. The summed E-state index contributed by atoms with van der Waals surface area (Å²) in [6, 6.07) is -1.34. The van der Waals surface area contributed by atoms with Crippen molar-refractivity contribution in [2.75, 3.05) is 34.2 Å². The van der Waals surface area contributed by atoms with Crippen molar-refractivity contribution in [1.29, 1.82) is 0 Å². The summed E-state index contributed by atoms with van der Waals surface area (Å²) < 4.78 is 6.19. The molecule has 0 spiro atoms. The maximum Gasteiger partial charge on any atom is 0.411 e. The summed E-state index contributed by atoms with van der Waals surface area (Å²) in [5.74, 6) is -1.18. The van der Waals surface area contributed by atoms with E-state index in [4.69, 9.17) is 4.74 Å². The van der Waals surface area contributed by atoms with Crippen LogP contribution in [0.2, 0.25) is 0 Å². The third-order valence-corrected chi connectivity index (χ3v) is 4.31. The second-order valence-electron chi connectivity index (χ2n) is 9.31. The third kappa shape index (κ3) is 9.08. The fraction of sp³-hybridized carbons (Fsp3) is 0.842. The normalized spacial score (nSPS) is 20.4. The highest BCUT2D eigenvalue weighted by Gasteiger charge is 2.42. The van der Waals surface area contributed by atoms with Crippen LogP contribution in [0.4, 0.5) is 4.79 Å². The van der Waals surface area contributed by atoms with Gasteiger partial charge in [-0.1, -0.05) is 0 Å². The molecule has 0 saturated carbocycles. The van der Waals surface area contributed by atoms with Gasteiger partial charge in [0.15, 0.2) is 0 Å². The molecule has 1 fully saturated rings. The summed E-state index contributed by atoms with van der Waals surface area (Å²) in [7, 11) is 6.42. The van der Waals surface area contributed by atoms with E-state index >= 15 is 0 Å². The van der Waals surface area contributed by atoms with Crippen LogP contribution in [0.15, 0.2) is 0 Å². The van der Waals surface area contributed by atoms with E-state index in [1.54, 1.807) is 20.8 Å². The van der Waals surface area contributed by atoms with Crippen molar-refractivity contribution in [2.24, 2.45) is 0 Å². The topological polar surface area (TPSA) is 95.9 Å². The Balaban J connectivity index is 2.46. The molecule has 0 bridgehead atoms. The van der Waals surface area contributed by atoms with Gasteiger partial charge in [-0.05, 0) is 40.0 Å². The molecule has 156 valence electrons. The van der Waals surface area contributed by atoms with E-state index in [1.165, 1.54) is 4.90 Å². The van der Waals surface area contributed by atoms with Gasteiger partial charge in [-0.3, -0.25) is 9.69 Å². The van der Waals surface area contributed by atoms with Crippen molar-refractivity contribution >= 4 is 18.0 Å². The van der Waals surface area contributed by atoms with E-state index in [0.29, 0.717) is 6.42 Å². The molecule has 2 atom stereocenters. The predicted molar refractivity (Wildman–Crippen MR) is 102 cm³/mol. The van der Waals surface area contributed by atoms with Crippen molar-refractivity contribution in [2.45, 2.75) is 70.6 Å². The second-order valence-corrected chi connectivity index (χ2v) is 9.31. The van der Waals surface area contributed by atoms with Gasteiger partial charge in [0.05, 0.1) is 27.7 Å². The third-order valence-electron chi connectivity index (χ3n) is 4.31. The first-order valence-corrected chi connectivity index (χ1v) is 9.61. The molecule has 1 aliphatic rings. The fourth-order valence-corrected chi connectivity index (χ4v) is 3.05. The lowest BCUT2D eigenvalue weighted by molar-refractivity contribution is -0.870. The number of ether oxygens (including phenoxy) is 1. The van der Waals surface area contributed by atoms with Gasteiger partial charge in [0.25, 0.3) is 0 Å². The molecule has 2 amide bonds. The minimum absolute atomic E-state index is 0.0968. The zero-order valence-corrected chi connectivity index (χ0v) is 17.6. The molecular formula is C19H36N3O5+. The van der Waals surface area contributed by atoms with Gasteiger partial charge in [0.2, 0.25) is 5.91 Å². The lowest BCUT2D eigenvalue weighted by Crippen LogP contribution is -2.44. The van der Waals surface area contributed by atoms with Crippen LogP contribution in [0, 0.1) is 0 Å². The molecular weight excluding hydrogens is 350 g/mol. The smallest absolute Gasteiger partial charge is 0.411 e. The van der Waals surface area contributed by atoms with Crippen molar-refractivity contribution in [3.8, 4) is 0 Å². The number of nitrogens with zero attached hydrogens (tertiary/aromatic N) is 2. The number of unbranched alkanes of at least 4 members (excludes halogenated alkanes) is 2. The Labute approximate surface area is 162 Å². The number of nitrogens with one attached hydrogen (secondary N) is 1. The largest absolute Gasteiger partial charge is 0.480 e. The van der Waals surface area contributed by atoms with Gasteiger partial charge in [0.1, 0.15) is 11.6 Å². The monoisotopic (exact) mass is 386 g/mol. The Morgan fingerprint density at radius 3 is 2.30 bits per heavy atom. The molecule has 8 nitrogen and oxygen atoms in total. The standard InChI is InChI=1S/C19H35N3O5/c1-19(2,3)27-18(26)21-13-14(12-15(21)17(24)25)20-16(23)10-8-7-9-11-22(4,5)6/h14-15H,7-13H2,1-6H3,(H-,20,23,24,25)/p+1/t14-,15+/m0/s1. The number of amides is 2. The molecule has 0 radical (unpaired) electrons. The van der Waals surface area contributed by atoms with Crippen LogP contribution in [-0.4, -0.2) is 84.4 Å². The average Bonchev–Trinajstić information content (AvgIpc) is 2.88. The molecule has 1 aliphatic heterocycles. The van der Waals surface area contributed by atoms with E-state index in [0.717, 1.165) is 30.3 Å². The van der Waals surface area contributed by atoms with E-state index < -0.39 is 23.7 Å². The van der Waals surface area contributed by atoms with Crippen LogP contribution in [0.25, 0.3) is 0 Å². The SMILES string of the molecule is CC(C)(C)OC(=O)N1C[C@@H](NC(=O)CCCCC[N+](C)(C)C)C[C@@H]1C(=O)O. The van der Waals surface area contributed by atoms with Crippen LogP contribution < -0.4 is 5.32 Å². The fourth-order valence-electron chi connectivity index (χ4n) is 3.05. The number of carbonyl (C=O) groups is 3. The highest BCUT2D eigenvalue weighted by Crippen LogP contribution is 2.22. The van der Waals surface area contributed by atoms with Gasteiger partial charge < -0.3 is 19.6 Å². The van der Waals surface area contributed by atoms with Gasteiger partial charge in [-0.2, -0.15) is 0 Å². The first-order valence-electron chi connectivity index (χ1n) is 9.61. The summed E-state index contributed by atoms with van der Waals surface area (Å²) in [4.78, 5) is 37.1.